The van der Waals surface area contributed by atoms with Gasteiger partial charge in [-0.25, -0.2) is 0 Å². The Kier molecular flexibility index (Phi) is 1.86. The molecule has 0 aliphatic carbocycles. The van der Waals surface area contributed by atoms with Crippen molar-refractivity contribution in [2.75, 3.05) is 26.2 Å². The van der Waals surface area contributed by atoms with Crippen LogP contribution in [0.3, 0.4) is 0 Å². The summed E-state index contributed by atoms with van der Waals surface area (Å²) in [5.41, 5.74) is 3.21. The molecule has 57 valence electrons. The lowest BCUT2D eigenvalue weighted by Gasteiger charge is -2.19. The van der Waals surface area contributed by atoms with Gasteiger partial charge in [0.1, 0.15) is 0 Å². The van der Waals surface area contributed by atoms with Crippen LogP contribution in [0.4, 0.5) is 0 Å². The molecule has 4 nitrogen and oxygen atoms in total. The van der Waals surface area contributed by atoms with Crippen LogP contribution in [0.5, 0.6) is 0 Å². The Bertz CT molecular complexity index is 93.6. The Morgan fingerprint density at radius 2 is 2.40 bits per heavy atom. The second-order valence-electron chi connectivity index (χ2n) is 2.49. The fourth-order valence-electron chi connectivity index (χ4n) is 1.23. The first-order chi connectivity index (χ1) is 4.97. The first-order valence-corrected chi connectivity index (χ1v) is 3.71. The van der Waals surface area contributed by atoms with Crippen molar-refractivity contribution in [3.8, 4) is 0 Å². The van der Waals surface area contributed by atoms with Crippen molar-refractivity contribution >= 4 is 0 Å². The third-order valence-corrected chi connectivity index (χ3v) is 1.72. The minimum atomic E-state index is 0.799. The molecule has 2 aliphatic heterocycles. The summed E-state index contributed by atoms with van der Waals surface area (Å²) in [5, 5.41) is 5.19. The number of nitrogens with one attached hydrogen (secondary N) is 2. The van der Waals surface area contributed by atoms with Gasteiger partial charge >= 0.3 is 0 Å². The topological polar surface area (TPSA) is 36.5 Å². The Morgan fingerprint density at radius 3 is 3.00 bits per heavy atom. The molecule has 2 N–H and O–H groups in total. The van der Waals surface area contributed by atoms with Gasteiger partial charge in [0.25, 0.3) is 6.35 Å². The van der Waals surface area contributed by atoms with E-state index < -0.39 is 0 Å². The van der Waals surface area contributed by atoms with Crippen LogP contribution in [0.2, 0.25) is 0 Å². The molecule has 0 spiro atoms. The summed E-state index contributed by atoms with van der Waals surface area (Å²) >= 11 is 0. The van der Waals surface area contributed by atoms with Crippen LogP contribution in [0.1, 0.15) is 6.42 Å². The summed E-state index contributed by atoms with van der Waals surface area (Å²) in [5.74, 6) is 0. The van der Waals surface area contributed by atoms with Gasteiger partial charge in [-0.3, -0.25) is 10.7 Å². The average Bonchev–Trinajstić information content (AvgIpc) is 2.59. The minimum Gasteiger partial charge on any atom is -0.340 e. The van der Waals surface area contributed by atoms with E-state index >= 15 is 0 Å². The average molecular weight is 142 g/mol. The van der Waals surface area contributed by atoms with Gasteiger partial charge in [-0.1, -0.05) is 0 Å². The summed E-state index contributed by atoms with van der Waals surface area (Å²) < 4.78 is 5.31. The fraction of sp³-hybridized carbons (Fsp3) is 0.833. The van der Waals surface area contributed by atoms with E-state index in [1.165, 1.54) is 6.42 Å². The Labute approximate surface area is 60.5 Å². The smallest absolute Gasteiger partial charge is 0.251 e. The molecule has 1 radical (unpaired) electrons. The maximum atomic E-state index is 5.31. The third kappa shape index (κ3) is 1.15. The standard InChI is InChI=1S/C6H12N3O/c1-2-8-9(4-1)6-7-3-5-10-6/h7-8H,1-5H2. The van der Waals surface area contributed by atoms with Crippen molar-refractivity contribution < 1.29 is 4.74 Å². The van der Waals surface area contributed by atoms with Crippen LogP contribution in [0, 0.1) is 6.35 Å². The van der Waals surface area contributed by atoms with Gasteiger partial charge in [0, 0.05) is 19.6 Å². The van der Waals surface area contributed by atoms with E-state index in [2.05, 4.69) is 10.7 Å². The normalized spacial score (nSPS) is 30.0. The van der Waals surface area contributed by atoms with Crippen LogP contribution in [0.15, 0.2) is 0 Å². The van der Waals surface area contributed by atoms with Crippen molar-refractivity contribution in [2.24, 2.45) is 0 Å². The van der Waals surface area contributed by atoms with Gasteiger partial charge in [-0.05, 0) is 6.42 Å². The second kappa shape index (κ2) is 2.84. The molecule has 0 amide bonds. The monoisotopic (exact) mass is 142 g/mol. The molecule has 0 saturated carbocycles. The van der Waals surface area contributed by atoms with E-state index in [0.29, 0.717) is 0 Å². The zero-order valence-corrected chi connectivity index (χ0v) is 5.89. The molecule has 0 atom stereocenters. The maximum absolute atomic E-state index is 5.31. The molecule has 0 unspecified atom stereocenters. The molecule has 2 fully saturated rings. The van der Waals surface area contributed by atoms with Crippen LogP contribution in [0.25, 0.3) is 0 Å². The van der Waals surface area contributed by atoms with Crippen LogP contribution < -0.4 is 10.7 Å². The molecule has 0 aromatic heterocycles. The van der Waals surface area contributed by atoms with Crippen molar-refractivity contribution in [3.05, 3.63) is 6.35 Å². The van der Waals surface area contributed by atoms with Crippen molar-refractivity contribution in [2.45, 2.75) is 6.42 Å². The largest absolute Gasteiger partial charge is 0.340 e. The minimum absolute atomic E-state index is 0.799. The van der Waals surface area contributed by atoms with E-state index in [-0.39, 0.29) is 0 Å². The summed E-state index contributed by atoms with van der Waals surface area (Å²) in [6.45, 7) is 3.86. The van der Waals surface area contributed by atoms with E-state index in [0.717, 1.165) is 32.6 Å². The number of rotatable bonds is 1. The summed E-state index contributed by atoms with van der Waals surface area (Å²) in [6.07, 6.45) is 2.10. The van der Waals surface area contributed by atoms with Crippen LogP contribution in [-0.4, -0.2) is 31.3 Å². The highest BCUT2D eigenvalue weighted by Gasteiger charge is 2.26. The third-order valence-electron chi connectivity index (χ3n) is 1.72. The number of hydrazine groups is 1. The van der Waals surface area contributed by atoms with Crippen LogP contribution >= 0.6 is 0 Å². The highest BCUT2D eigenvalue weighted by Crippen LogP contribution is 2.11. The Balaban J connectivity index is 1.85. The first-order valence-electron chi connectivity index (χ1n) is 3.71. The molecule has 0 bridgehead atoms. The predicted octanol–water partition coefficient (Wildman–Crippen LogP) is -0.737. The molecule has 0 aromatic rings. The lowest BCUT2D eigenvalue weighted by atomic mass is 10.5. The van der Waals surface area contributed by atoms with Gasteiger partial charge in [-0.15, -0.1) is 0 Å². The van der Waals surface area contributed by atoms with E-state index in [1.54, 1.807) is 0 Å². The quantitative estimate of drug-likeness (QED) is 0.506. The summed E-state index contributed by atoms with van der Waals surface area (Å²) in [6, 6.07) is 0. The number of hydrogen-bond acceptors (Lipinski definition) is 4. The maximum Gasteiger partial charge on any atom is 0.251 e. The van der Waals surface area contributed by atoms with Crippen molar-refractivity contribution in [1.29, 1.82) is 0 Å². The molecule has 4 heteroatoms. The van der Waals surface area contributed by atoms with Gasteiger partial charge in [0.15, 0.2) is 0 Å². The molecule has 0 aromatic carbocycles. The highest BCUT2D eigenvalue weighted by atomic mass is 16.5. The molecule has 2 heterocycles. The highest BCUT2D eigenvalue weighted by molar-refractivity contribution is 4.81. The Morgan fingerprint density at radius 1 is 1.40 bits per heavy atom. The van der Waals surface area contributed by atoms with Gasteiger partial charge in [0.2, 0.25) is 0 Å². The second-order valence-corrected chi connectivity index (χ2v) is 2.49. The Hall–Kier alpha value is -0.160. The number of ether oxygens (including phenoxy) is 1. The van der Waals surface area contributed by atoms with Gasteiger partial charge in [-0.2, -0.15) is 5.01 Å². The molecule has 2 saturated heterocycles. The fourth-order valence-corrected chi connectivity index (χ4v) is 1.23. The first kappa shape index (κ1) is 6.54. The summed E-state index contributed by atoms with van der Waals surface area (Å²) in [4.78, 5) is 0. The summed E-state index contributed by atoms with van der Waals surface area (Å²) in [7, 11) is 0. The number of hydrogen-bond donors (Lipinski definition) is 2. The molecular formula is C6H12N3O. The lowest BCUT2D eigenvalue weighted by molar-refractivity contribution is 0.0532. The lowest BCUT2D eigenvalue weighted by Crippen LogP contribution is -2.40. The molecule has 2 rings (SSSR count). The molecule has 2 aliphatic rings. The number of nitrogens with zero attached hydrogens (tertiary/aromatic N) is 1. The molecular weight excluding hydrogens is 130 g/mol. The van der Waals surface area contributed by atoms with E-state index in [9.17, 15) is 0 Å². The van der Waals surface area contributed by atoms with Crippen molar-refractivity contribution in [1.82, 2.24) is 15.8 Å². The SMILES string of the molecule is C1CNN([C]2NCCO2)C1. The van der Waals surface area contributed by atoms with E-state index in [4.69, 9.17) is 4.74 Å². The zero-order valence-electron chi connectivity index (χ0n) is 5.89. The van der Waals surface area contributed by atoms with Crippen LogP contribution in [-0.2, 0) is 4.74 Å². The van der Waals surface area contributed by atoms with Gasteiger partial charge < -0.3 is 4.74 Å². The molecule has 10 heavy (non-hydrogen) atoms. The zero-order chi connectivity index (χ0) is 6.81. The van der Waals surface area contributed by atoms with Gasteiger partial charge in [0.05, 0.1) is 6.61 Å². The van der Waals surface area contributed by atoms with E-state index in [1.807, 2.05) is 5.01 Å². The van der Waals surface area contributed by atoms with Crippen molar-refractivity contribution in [3.63, 3.8) is 0 Å². The predicted molar refractivity (Wildman–Crippen MR) is 36.5 cm³/mol.